The van der Waals surface area contributed by atoms with Crippen molar-refractivity contribution in [3.05, 3.63) is 40.4 Å². The minimum atomic E-state index is -0.947. The zero-order chi connectivity index (χ0) is 13.8. The van der Waals surface area contributed by atoms with E-state index in [4.69, 9.17) is 5.11 Å². The third-order valence-corrected chi connectivity index (χ3v) is 3.34. The van der Waals surface area contributed by atoms with Crippen LogP contribution in [0.2, 0.25) is 0 Å². The molecule has 1 aromatic heterocycles. The highest BCUT2D eigenvalue weighted by molar-refractivity contribution is 9.10. The van der Waals surface area contributed by atoms with Gasteiger partial charge in [0.1, 0.15) is 12.2 Å². The molecule has 2 rings (SSSR count). The van der Waals surface area contributed by atoms with E-state index in [-0.39, 0.29) is 5.56 Å². The number of nitrogens with one attached hydrogen (secondary N) is 1. The van der Waals surface area contributed by atoms with Gasteiger partial charge in [-0.2, -0.15) is 0 Å². The lowest BCUT2D eigenvalue weighted by molar-refractivity contribution is 0.0696. The van der Waals surface area contributed by atoms with Crippen molar-refractivity contribution in [2.75, 3.05) is 11.9 Å². The Morgan fingerprint density at radius 1 is 1.53 bits per heavy atom. The lowest BCUT2D eigenvalue weighted by Crippen LogP contribution is -2.09. The van der Waals surface area contributed by atoms with Crippen molar-refractivity contribution in [3.8, 4) is 0 Å². The van der Waals surface area contributed by atoms with E-state index in [2.05, 4.69) is 31.4 Å². The number of benzene rings is 1. The molecule has 1 heterocycles. The van der Waals surface area contributed by atoms with Crippen LogP contribution in [0.15, 0.2) is 29.0 Å². The predicted molar refractivity (Wildman–Crippen MR) is 74.3 cm³/mol. The van der Waals surface area contributed by atoms with Crippen LogP contribution in [0.25, 0.3) is 0 Å². The van der Waals surface area contributed by atoms with Gasteiger partial charge in [0.25, 0.3) is 0 Å². The van der Waals surface area contributed by atoms with Crippen LogP contribution in [0.5, 0.6) is 0 Å². The molecule has 0 aliphatic carbocycles. The Bertz CT molecular complexity index is 597. The number of hydrogen-bond donors (Lipinski definition) is 2. The molecule has 19 heavy (non-hydrogen) atoms. The number of nitrogens with zero attached hydrogens (tertiary/aromatic N) is 3. The Kier molecular flexibility index (Phi) is 4.16. The molecule has 100 valence electrons. The number of hydrogen-bond acceptors (Lipinski definition) is 4. The second-order valence-electron chi connectivity index (χ2n) is 4.03. The number of halogens is 1. The number of aryl methyl sites for hydroxylation is 1. The minimum absolute atomic E-state index is 0.249. The van der Waals surface area contributed by atoms with Gasteiger partial charge in [-0.05, 0) is 34.1 Å². The summed E-state index contributed by atoms with van der Waals surface area (Å²) in [6, 6.07) is 5.06. The lowest BCUT2D eigenvalue weighted by Gasteiger charge is -2.07. The van der Waals surface area contributed by atoms with Crippen molar-refractivity contribution < 1.29 is 9.90 Å². The number of aromatic nitrogens is 3. The molecule has 6 nitrogen and oxygen atoms in total. The van der Waals surface area contributed by atoms with Gasteiger partial charge in [0.15, 0.2) is 0 Å². The Labute approximate surface area is 118 Å². The van der Waals surface area contributed by atoms with E-state index in [1.165, 1.54) is 0 Å². The molecule has 0 bridgehead atoms. The van der Waals surface area contributed by atoms with Crippen LogP contribution in [0.3, 0.4) is 0 Å². The van der Waals surface area contributed by atoms with E-state index in [1.54, 1.807) is 24.5 Å². The highest BCUT2D eigenvalue weighted by Crippen LogP contribution is 2.21. The fourth-order valence-electron chi connectivity index (χ4n) is 1.65. The first-order chi connectivity index (χ1) is 9.08. The maximum atomic E-state index is 10.9. The van der Waals surface area contributed by atoms with Gasteiger partial charge in [-0.25, -0.2) is 4.79 Å². The summed E-state index contributed by atoms with van der Waals surface area (Å²) in [6.07, 6.45) is 2.41. The molecule has 7 heteroatoms. The number of aromatic carboxylic acids is 1. The molecule has 2 aromatic rings. The van der Waals surface area contributed by atoms with Gasteiger partial charge in [-0.1, -0.05) is 0 Å². The molecule has 0 amide bonds. The quantitative estimate of drug-likeness (QED) is 0.878. The molecule has 0 radical (unpaired) electrons. The second kappa shape index (κ2) is 5.83. The van der Waals surface area contributed by atoms with Crippen LogP contribution < -0.4 is 5.32 Å². The smallest absolute Gasteiger partial charge is 0.336 e. The number of carboxylic acids is 1. The van der Waals surface area contributed by atoms with Gasteiger partial charge in [0, 0.05) is 30.2 Å². The molecule has 0 atom stereocenters. The Morgan fingerprint density at radius 3 is 2.89 bits per heavy atom. The molecule has 0 fully saturated rings. The molecular weight excluding hydrogens is 312 g/mol. The third-order valence-electron chi connectivity index (χ3n) is 2.68. The summed E-state index contributed by atoms with van der Waals surface area (Å²) < 4.78 is 2.43. The van der Waals surface area contributed by atoms with Gasteiger partial charge < -0.3 is 15.0 Å². The van der Waals surface area contributed by atoms with Crippen molar-refractivity contribution in [2.45, 2.75) is 6.42 Å². The normalized spacial score (nSPS) is 10.4. The molecule has 0 aliphatic rings. The first kappa shape index (κ1) is 13.5. The lowest BCUT2D eigenvalue weighted by atomic mass is 10.2. The molecule has 0 saturated carbocycles. The number of carbonyl (C=O) groups is 1. The first-order valence-corrected chi connectivity index (χ1v) is 6.47. The summed E-state index contributed by atoms with van der Waals surface area (Å²) >= 11 is 3.24. The van der Waals surface area contributed by atoms with E-state index in [9.17, 15) is 4.79 Å². The average Bonchev–Trinajstić information content (AvgIpc) is 2.75. The zero-order valence-corrected chi connectivity index (χ0v) is 11.9. The van der Waals surface area contributed by atoms with Crippen molar-refractivity contribution in [1.82, 2.24) is 14.8 Å². The fraction of sp³-hybridized carbons (Fsp3) is 0.250. The van der Waals surface area contributed by atoms with Crippen LogP contribution >= 0.6 is 15.9 Å². The summed E-state index contributed by atoms with van der Waals surface area (Å²) in [7, 11) is 1.90. The molecule has 0 unspecified atom stereocenters. The van der Waals surface area contributed by atoms with E-state index < -0.39 is 5.97 Å². The van der Waals surface area contributed by atoms with Crippen molar-refractivity contribution in [1.29, 1.82) is 0 Å². The standard InChI is InChI=1S/C12H13BrN4O2/c1-17-7-15-16-11(17)4-5-14-8-2-3-9(12(18)19)10(13)6-8/h2-3,6-7,14H,4-5H2,1H3,(H,18,19). The van der Waals surface area contributed by atoms with Crippen LogP contribution in [-0.2, 0) is 13.5 Å². The topological polar surface area (TPSA) is 80.0 Å². The van der Waals surface area contributed by atoms with Gasteiger partial charge in [-0.15, -0.1) is 10.2 Å². The van der Waals surface area contributed by atoms with Crippen molar-refractivity contribution in [3.63, 3.8) is 0 Å². The summed E-state index contributed by atoms with van der Waals surface area (Å²) in [6.45, 7) is 0.700. The number of anilines is 1. The van der Waals surface area contributed by atoms with Gasteiger partial charge in [0.2, 0.25) is 0 Å². The monoisotopic (exact) mass is 324 g/mol. The third kappa shape index (κ3) is 3.31. The SMILES string of the molecule is Cn1cnnc1CCNc1ccc(C(=O)O)c(Br)c1. The largest absolute Gasteiger partial charge is 0.478 e. The summed E-state index contributed by atoms with van der Waals surface area (Å²) in [4.78, 5) is 10.9. The van der Waals surface area contributed by atoms with E-state index in [1.807, 2.05) is 11.6 Å². The van der Waals surface area contributed by atoms with Gasteiger partial charge in [-0.3, -0.25) is 0 Å². The highest BCUT2D eigenvalue weighted by atomic mass is 79.9. The Balaban J connectivity index is 1.95. The molecular formula is C12H13BrN4O2. The fourth-order valence-corrected chi connectivity index (χ4v) is 2.20. The number of carboxylic acid groups (broad SMARTS) is 1. The second-order valence-corrected chi connectivity index (χ2v) is 4.89. The van der Waals surface area contributed by atoms with Crippen LogP contribution in [-0.4, -0.2) is 32.4 Å². The van der Waals surface area contributed by atoms with Crippen molar-refractivity contribution >= 4 is 27.6 Å². The van der Waals surface area contributed by atoms with Crippen LogP contribution in [0.4, 0.5) is 5.69 Å². The van der Waals surface area contributed by atoms with E-state index >= 15 is 0 Å². The first-order valence-electron chi connectivity index (χ1n) is 5.67. The van der Waals surface area contributed by atoms with Crippen LogP contribution in [0.1, 0.15) is 16.2 Å². The van der Waals surface area contributed by atoms with Crippen LogP contribution in [0, 0.1) is 0 Å². The van der Waals surface area contributed by atoms with Gasteiger partial charge >= 0.3 is 5.97 Å². The average molecular weight is 325 g/mol. The molecule has 1 aromatic carbocycles. The molecule has 0 aliphatic heterocycles. The molecule has 0 saturated heterocycles. The summed E-state index contributed by atoms with van der Waals surface area (Å²) in [5.41, 5.74) is 1.11. The Morgan fingerprint density at radius 2 is 2.32 bits per heavy atom. The Hall–Kier alpha value is -1.89. The summed E-state index contributed by atoms with van der Waals surface area (Å²) in [5.74, 6) is -0.0498. The minimum Gasteiger partial charge on any atom is -0.478 e. The van der Waals surface area contributed by atoms with E-state index in [0.717, 1.165) is 17.9 Å². The molecule has 2 N–H and O–H groups in total. The number of rotatable bonds is 5. The molecule has 0 spiro atoms. The van der Waals surface area contributed by atoms with E-state index in [0.29, 0.717) is 11.0 Å². The maximum Gasteiger partial charge on any atom is 0.336 e. The predicted octanol–water partition coefficient (Wildman–Crippen LogP) is 1.93. The van der Waals surface area contributed by atoms with Crippen molar-refractivity contribution in [2.24, 2.45) is 7.05 Å². The highest BCUT2D eigenvalue weighted by Gasteiger charge is 2.08. The zero-order valence-electron chi connectivity index (χ0n) is 10.3. The maximum absolute atomic E-state index is 10.9. The van der Waals surface area contributed by atoms with Gasteiger partial charge in [0.05, 0.1) is 5.56 Å². The summed E-state index contributed by atoms with van der Waals surface area (Å²) in [5, 5.41) is 19.9.